The zero-order valence-corrected chi connectivity index (χ0v) is 23.5. The number of benzene rings is 1. The van der Waals surface area contributed by atoms with Crippen molar-refractivity contribution < 1.29 is 18.3 Å². The largest absolute Gasteiger partial charge is 0.462 e. The van der Waals surface area contributed by atoms with Gasteiger partial charge in [0, 0.05) is 43.2 Å². The van der Waals surface area contributed by atoms with Gasteiger partial charge in [-0.15, -0.1) is 0 Å². The summed E-state index contributed by atoms with van der Waals surface area (Å²) in [6.45, 7) is 5.76. The summed E-state index contributed by atoms with van der Waals surface area (Å²) in [4.78, 5) is 28.1. The van der Waals surface area contributed by atoms with Crippen molar-refractivity contribution in [3.8, 4) is 12.1 Å². The fourth-order valence-corrected chi connectivity index (χ4v) is 7.32. The van der Waals surface area contributed by atoms with Gasteiger partial charge in [0.05, 0.1) is 24.2 Å². The molecular formula is C31H36F2N6O2. The van der Waals surface area contributed by atoms with E-state index in [0.717, 1.165) is 48.3 Å². The monoisotopic (exact) mass is 562 g/mol. The Morgan fingerprint density at radius 2 is 2.07 bits per heavy atom. The molecule has 0 radical (unpaired) electrons. The Labute approximate surface area is 239 Å². The van der Waals surface area contributed by atoms with E-state index in [2.05, 4.69) is 17.5 Å². The Morgan fingerprint density at radius 1 is 1.24 bits per heavy atom. The van der Waals surface area contributed by atoms with Crippen LogP contribution in [-0.2, 0) is 29.5 Å². The van der Waals surface area contributed by atoms with E-state index in [1.807, 2.05) is 18.0 Å². The van der Waals surface area contributed by atoms with E-state index in [9.17, 15) is 18.8 Å². The molecule has 2 aliphatic carbocycles. The van der Waals surface area contributed by atoms with Gasteiger partial charge in [0.2, 0.25) is 5.91 Å². The van der Waals surface area contributed by atoms with Crippen LogP contribution in [0.5, 0.6) is 6.01 Å². The first-order valence-corrected chi connectivity index (χ1v) is 14.5. The number of carbonyl (C=O) groups excluding carboxylic acids is 1. The van der Waals surface area contributed by atoms with Gasteiger partial charge < -0.3 is 14.5 Å². The number of halogens is 2. The van der Waals surface area contributed by atoms with Crippen molar-refractivity contribution in [2.45, 2.75) is 68.6 Å². The minimum atomic E-state index is -0.872. The number of nitriles is 1. The number of rotatable bonds is 6. The highest BCUT2D eigenvalue weighted by molar-refractivity contribution is 5.87. The van der Waals surface area contributed by atoms with Gasteiger partial charge in [-0.25, -0.2) is 8.78 Å². The van der Waals surface area contributed by atoms with Crippen molar-refractivity contribution in [1.29, 1.82) is 5.26 Å². The second-order valence-corrected chi connectivity index (χ2v) is 11.9. The van der Waals surface area contributed by atoms with Crippen molar-refractivity contribution in [3.05, 3.63) is 59.1 Å². The van der Waals surface area contributed by atoms with Crippen LogP contribution in [-0.4, -0.2) is 83.8 Å². The molecule has 2 aromatic rings. The van der Waals surface area contributed by atoms with Crippen molar-refractivity contribution >= 4 is 11.7 Å². The van der Waals surface area contributed by atoms with E-state index < -0.39 is 6.17 Å². The number of likely N-dealkylation sites (tertiary alicyclic amines) is 1. The summed E-state index contributed by atoms with van der Waals surface area (Å²) in [5, 5.41) is 9.48. The number of fused-ring (bicyclic) bond motifs is 3. The molecule has 2 fully saturated rings. The number of piperazine rings is 1. The molecule has 1 aromatic carbocycles. The van der Waals surface area contributed by atoms with Crippen LogP contribution in [0.25, 0.3) is 0 Å². The molecule has 6 rings (SSSR count). The smallest absolute Gasteiger partial charge is 0.318 e. The highest BCUT2D eigenvalue weighted by atomic mass is 19.1. The number of nitrogens with zero attached hydrogens (tertiary/aromatic N) is 6. The Hall–Kier alpha value is -3.58. The number of aryl methyl sites for hydroxylation is 1. The molecule has 10 heteroatoms. The van der Waals surface area contributed by atoms with Gasteiger partial charge in [-0.1, -0.05) is 12.6 Å². The minimum Gasteiger partial charge on any atom is -0.462 e. The summed E-state index contributed by atoms with van der Waals surface area (Å²) in [7, 11) is 1.90. The van der Waals surface area contributed by atoms with E-state index in [4.69, 9.17) is 14.7 Å². The van der Waals surface area contributed by atoms with Gasteiger partial charge in [-0.05, 0) is 74.9 Å². The Kier molecular flexibility index (Phi) is 7.41. The van der Waals surface area contributed by atoms with Crippen LogP contribution in [0.4, 0.5) is 14.6 Å². The average molecular weight is 563 g/mol. The van der Waals surface area contributed by atoms with Crippen LogP contribution < -0.4 is 9.64 Å². The number of ether oxygens (including phenoxy) is 1. The minimum absolute atomic E-state index is 0.0578. The SMILES string of the molecule is C=CC(=O)N1CCN(c2nc(OCC3CC(F)CN3C)nc3c2CCC2(CCc4ccc(F)cc42)C3)CC1CC#N. The van der Waals surface area contributed by atoms with Crippen molar-refractivity contribution in [2.24, 2.45) is 0 Å². The lowest BCUT2D eigenvalue weighted by Gasteiger charge is -2.42. The number of amides is 1. The van der Waals surface area contributed by atoms with Gasteiger partial charge in [0.25, 0.3) is 0 Å². The summed E-state index contributed by atoms with van der Waals surface area (Å²) in [5.74, 6) is 0.374. The molecule has 0 saturated carbocycles. The molecule has 3 heterocycles. The Balaban J connectivity index is 1.33. The third kappa shape index (κ3) is 5.16. The first kappa shape index (κ1) is 27.6. The second kappa shape index (κ2) is 11.0. The first-order chi connectivity index (χ1) is 19.8. The molecule has 41 heavy (non-hydrogen) atoms. The van der Waals surface area contributed by atoms with Crippen LogP contribution in [0.2, 0.25) is 0 Å². The topological polar surface area (TPSA) is 85.6 Å². The number of hydrogen-bond acceptors (Lipinski definition) is 7. The van der Waals surface area contributed by atoms with Gasteiger partial charge in [0.15, 0.2) is 0 Å². The molecule has 1 aromatic heterocycles. The molecule has 1 amide bonds. The van der Waals surface area contributed by atoms with Crippen LogP contribution in [0.3, 0.4) is 0 Å². The molecule has 1 spiro atoms. The van der Waals surface area contributed by atoms with Crippen LogP contribution >= 0.6 is 0 Å². The number of hydrogen-bond donors (Lipinski definition) is 0. The molecule has 4 unspecified atom stereocenters. The van der Waals surface area contributed by atoms with E-state index in [1.54, 1.807) is 11.0 Å². The van der Waals surface area contributed by atoms with Gasteiger partial charge >= 0.3 is 6.01 Å². The van der Waals surface area contributed by atoms with Crippen molar-refractivity contribution in [1.82, 2.24) is 19.8 Å². The van der Waals surface area contributed by atoms with E-state index in [1.165, 1.54) is 17.7 Å². The third-order valence-electron chi connectivity index (χ3n) is 9.53. The lowest BCUT2D eigenvalue weighted by atomic mass is 9.69. The van der Waals surface area contributed by atoms with Gasteiger partial charge in [-0.3, -0.25) is 9.69 Å². The maximum atomic E-state index is 14.3. The lowest BCUT2D eigenvalue weighted by Crippen LogP contribution is -2.55. The molecule has 2 saturated heterocycles. The summed E-state index contributed by atoms with van der Waals surface area (Å²) in [6.07, 6.45) is 5.17. The second-order valence-electron chi connectivity index (χ2n) is 11.9. The third-order valence-corrected chi connectivity index (χ3v) is 9.53. The van der Waals surface area contributed by atoms with Crippen LogP contribution in [0.1, 0.15) is 48.1 Å². The maximum absolute atomic E-state index is 14.3. The molecule has 0 N–H and O–H groups in total. The molecule has 2 aliphatic heterocycles. The normalized spacial score (nSPS) is 27.4. The molecular weight excluding hydrogens is 526 g/mol. The van der Waals surface area contributed by atoms with Gasteiger partial charge in [-0.2, -0.15) is 15.2 Å². The summed E-state index contributed by atoms with van der Waals surface area (Å²) >= 11 is 0. The molecule has 4 atom stereocenters. The van der Waals surface area contributed by atoms with Crippen LogP contribution in [0.15, 0.2) is 30.9 Å². The maximum Gasteiger partial charge on any atom is 0.318 e. The Bertz CT molecular complexity index is 1400. The number of likely N-dealkylation sites (N-methyl/N-ethyl adjacent to an activating group) is 1. The number of alkyl halides is 1. The van der Waals surface area contributed by atoms with Crippen molar-refractivity contribution in [3.63, 3.8) is 0 Å². The highest BCUT2D eigenvalue weighted by Gasteiger charge is 2.44. The van der Waals surface area contributed by atoms with E-state index in [-0.39, 0.29) is 48.3 Å². The first-order valence-electron chi connectivity index (χ1n) is 14.5. The van der Waals surface area contributed by atoms with Crippen LogP contribution in [0, 0.1) is 17.1 Å². The zero-order chi connectivity index (χ0) is 28.7. The number of anilines is 1. The summed E-state index contributed by atoms with van der Waals surface area (Å²) < 4.78 is 34.5. The Morgan fingerprint density at radius 3 is 2.83 bits per heavy atom. The number of carbonyl (C=O) groups is 1. The zero-order valence-electron chi connectivity index (χ0n) is 23.5. The molecule has 8 nitrogen and oxygen atoms in total. The highest BCUT2D eigenvalue weighted by Crippen LogP contribution is 2.49. The van der Waals surface area contributed by atoms with E-state index in [0.29, 0.717) is 39.0 Å². The van der Waals surface area contributed by atoms with Crippen molar-refractivity contribution in [2.75, 3.05) is 44.7 Å². The standard InChI is InChI=1S/C31H36F2N6O2/c1-3-28(40)39-13-12-38(18-23(39)8-11-34)29-25-7-10-31(9-6-20-4-5-21(32)15-26(20)31)16-27(25)35-30(36-29)41-19-24-14-22(33)17-37(24)2/h3-5,15,22-24H,1,6-10,12-14,16-19H2,2H3. The summed E-state index contributed by atoms with van der Waals surface area (Å²) in [5.41, 5.74) is 4.05. The average Bonchev–Trinajstić information content (AvgIpc) is 3.48. The fourth-order valence-electron chi connectivity index (χ4n) is 7.32. The molecule has 216 valence electrons. The fraction of sp³-hybridized carbons (Fsp3) is 0.548. The number of aromatic nitrogens is 2. The van der Waals surface area contributed by atoms with Gasteiger partial charge in [0.1, 0.15) is 24.4 Å². The predicted octanol–water partition coefficient (Wildman–Crippen LogP) is 3.53. The van der Waals surface area contributed by atoms with E-state index >= 15 is 0 Å². The predicted molar refractivity (Wildman–Crippen MR) is 150 cm³/mol. The summed E-state index contributed by atoms with van der Waals surface area (Å²) in [6, 6.07) is 7.27. The molecule has 0 bridgehead atoms. The molecule has 4 aliphatic rings. The quantitative estimate of drug-likeness (QED) is 0.498. The lowest BCUT2D eigenvalue weighted by molar-refractivity contribution is -0.128.